The Kier molecular flexibility index (Phi) is 3.80. The molecule has 0 unspecified atom stereocenters. The van der Waals surface area contributed by atoms with Crippen molar-refractivity contribution < 1.29 is 18.0 Å². The molecule has 0 aliphatic heterocycles. The van der Waals surface area contributed by atoms with Gasteiger partial charge in [-0.1, -0.05) is 15.9 Å². The van der Waals surface area contributed by atoms with Gasteiger partial charge in [0, 0.05) is 17.1 Å². The Hall–Kier alpha value is -1.90. The summed E-state index contributed by atoms with van der Waals surface area (Å²) in [5.41, 5.74) is -1.04. The fraction of sp³-hybridized carbons (Fsp3) is 0.182. The van der Waals surface area contributed by atoms with Crippen LogP contribution in [0.3, 0.4) is 0 Å². The number of alkyl halides is 3. The first kappa shape index (κ1) is 14.5. The summed E-state index contributed by atoms with van der Waals surface area (Å²) >= 11 is 2.81. The number of nitrogens with zero attached hydrogens (tertiary/aromatic N) is 3. The highest BCUT2D eigenvalue weighted by Gasteiger charge is 2.33. The second-order valence-electron chi connectivity index (χ2n) is 3.85. The first-order chi connectivity index (χ1) is 9.29. The summed E-state index contributed by atoms with van der Waals surface area (Å²) in [6, 6.07) is 3.23. The van der Waals surface area contributed by atoms with Crippen molar-refractivity contribution in [3.05, 3.63) is 40.1 Å². The van der Waals surface area contributed by atoms with E-state index in [1.165, 1.54) is 23.1 Å². The SMILES string of the molecule is Cn1ncnc1NC(=O)c1ccc(Br)c(C(F)(F)F)c1. The Balaban J connectivity index is 2.29. The number of rotatable bonds is 2. The Morgan fingerprint density at radius 3 is 2.65 bits per heavy atom. The number of halogens is 4. The zero-order valence-electron chi connectivity index (χ0n) is 10.1. The molecule has 0 aliphatic rings. The highest BCUT2D eigenvalue weighted by atomic mass is 79.9. The molecule has 0 fully saturated rings. The molecule has 0 saturated heterocycles. The monoisotopic (exact) mass is 348 g/mol. The lowest BCUT2D eigenvalue weighted by Crippen LogP contribution is -2.17. The van der Waals surface area contributed by atoms with Gasteiger partial charge in [0.25, 0.3) is 5.91 Å². The predicted molar refractivity (Wildman–Crippen MR) is 68.1 cm³/mol. The predicted octanol–water partition coefficient (Wildman–Crippen LogP) is 2.85. The van der Waals surface area contributed by atoms with E-state index in [0.29, 0.717) is 0 Å². The number of benzene rings is 1. The van der Waals surface area contributed by atoms with E-state index in [2.05, 4.69) is 31.3 Å². The van der Waals surface area contributed by atoms with Gasteiger partial charge < -0.3 is 0 Å². The Bertz CT molecular complexity index is 653. The van der Waals surface area contributed by atoms with Crippen LogP contribution in [0.4, 0.5) is 19.1 Å². The van der Waals surface area contributed by atoms with E-state index in [0.717, 1.165) is 6.07 Å². The van der Waals surface area contributed by atoms with E-state index in [-0.39, 0.29) is 16.0 Å². The van der Waals surface area contributed by atoms with Crippen LogP contribution in [0, 0.1) is 0 Å². The fourth-order valence-electron chi connectivity index (χ4n) is 1.47. The molecule has 0 aliphatic carbocycles. The van der Waals surface area contributed by atoms with Gasteiger partial charge in [-0.15, -0.1) is 0 Å². The molecule has 1 N–H and O–H groups in total. The van der Waals surface area contributed by atoms with E-state index in [4.69, 9.17) is 0 Å². The van der Waals surface area contributed by atoms with Gasteiger partial charge in [0.15, 0.2) is 0 Å². The van der Waals surface area contributed by atoms with Crippen LogP contribution < -0.4 is 5.32 Å². The number of hydrogen-bond donors (Lipinski definition) is 1. The minimum Gasteiger partial charge on any atom is -0.291 e. The van der Waals surface area contributed by atoms with Gasteiger partial charge in [-0.2, -0.15) is 23.3 Å². The van der Waals surface area contributed by atoms with Crippen LogP contribution in [0.2, 0.25) is 0 Å². The van der Waals surface area contributed by atoms with Crippen molar-refractivity contribution in [3.8, 4) is 0 Å². The molecule has 2 aromatic rings. The molecule has 0 saturated carbocycles. The average Bonchev–Trinajstić information content (AvgIpc) is 2.74. The molecule has 1 aromatic heterocycles. The molecule has 1 amide bonds. The lowest BCUT2D eigenvalue weighted by atomic mass is 10.1. The highest BCUT2D eigenvalue weighted by Crippen LogP contribution is 2.35. The molecule has 0 atom stereocenters. The molecule has 2 rings (SSSR count). The number of carbonyl (C=O) groups excluding carboxylic acids is 1. The number of anilines is 1. The van der Waals surface area contributed by atoms with Crippen molar-refractivity contribution >= 4 is 27.8 Å². The maximum atomic E-state index is 12.7. The van der Waals surface area contributed by atoms with Crippen LogP contribution >= 0.6 is 15.9 Å². The number of aromatic nitrogens is 3. The van der Waals surface area contributed by atoms with E-state index in [1.807, 2.05) is 0 Å². The summed E-state index contributed by atoms with van der Waals surface area (Å²) in [4.78, 5) is 15.6. The molecule has 0 spiro atoms. The molecule has 5 nitrogen and oxygen atoms in total. The van der Waals surface area contributed by atoms with Crippen LogP contribution in [0.1, 0.15) is 15.9 Å². The molecule has 106 valence electrons. The third-order valence-corrected chi connectivity index (χ3v) is 3.16. The van der Waals surface area contributed by atoms with Gasteiger partial charge in [0.05, 0.1) is 5.56 Å². The van der Waals surface area contributed by atoms with Crippen molar-refractivity contribution in [2.75, 3.05) is 5.32 Å². The summed E-state index contributed by atoms with van der Waals surface area (Å²) in [5, 5.41) is 6.11. The lowest BCUT2D eigenvalue weighted by molar-refractivity contribution is -0.138. The minimum absolute atomic E-state index is 0.122. The van der Waals surface area contributed by atoms with Crippen molar-refractivity contribution in [3.63, 3.8) is 0 Å². The number of aryl methyl sites for hydroxylation is 1. The lowest BCUT2D eigenvalue weighted by Gasteiger charge is -2.11. The summed E-state index contributed by atoms with van der Waals surface area (Å²) < 4.78 is 39.4. The number of amides is 1. The average molecular weight is 349 g/mol. The van der Waals surface area contributed by atoms with Crippen LogP contribution in [0.15, 0.2) is 29.0 Å². The molecule has 1 heterocycles. The highest BCUT2D eigenvalue weighted by molar-refractivity contribution is 9.10. The van der Waals surface area contributed by atoms with Gasteiger partial charge in [0.1, 0.15) is 6.33 Å². The third-order valence-electron chi connectivity index (χ3n) is 2.47. The molecular weight excluding hydrogens is 341 g/mol. The third kappa shape index (κ3) is 2.98. The van der Waals surface area contributed by atoms with Gasteiger partial charge in [-0.05, 0) is 18.2 Å². The second kappa shape index (κ2) is 5.23. The fourth-order valence-corrected chi connectivity index (χ4v) is 1.94. The maximum absolute atomic E-state index is 12.7. The van der Waals surface area contributed by atoms with Gasteiger partial charge in [-0.25, -0.2) is 4.68 Å². The van der Waals surface area contributed by atoms with E-state index in [9.17, 15) is 18.0 Å². The van der Waals surface area contributed by atoms with Crippen LogP contribution in [0.5, 0.6) is 0 Å². The quantitative estimate of drug-likeness (QED) is 0.907. The standard InChI is InChI=1S/C11H8BrF3N4O/c1-19-10(16-5-17-19)18-9(20)6-2-3-8(12)7(4-6)11(13,14)15/h2-5H,1H3,(H,16,17,18,20). The molecular formula is C11H8BrF3N4O. The molecule has 0 bridgehead atoms. The largest absolute Gasteiger partial charge is 0.417 e. The first-order valence-electron chi connectivity index (χ1n) is 5.31. The molecule has 0 radical (unpaired) electrons. The van der Waals surface area contributed by atoms with Crippen molar-refractivity contribution in [2.24, 2.45) is 7.05 Å². The summed E-state index contributed by atoms with van der Waals surface area (Å²) in [6.07, 6.45) is -3.32. The smallest absolute Gasteiger partial charge is 0.291 e. The summed E-state index contributed by atoms with van der Waals surface area (Å²) in [6.45, 7) is 0. The number of hydrogen-bond acceptors (Lipinski definition) is 3. The van der Waals surface area contributed by atoms with Crippen LogP contribution in [0.25, 0.3) is 0 Å². The van der Waals surface area contributed by atoms with Crippen LogP contribution in [-0.2, 0) is 13.2 Å². The van der Waals surface area contributed by atoms with Crippen molar-refractivity contribution in [2.45, 2.75) is 6.18 Å². The van der Waals surface area contributed by atoms with Gasteiger partial charge in [-0.3, -0.25) is 10.1 Å². The van der Waals surface area contributed by atoms with Gasteiger partial charge >= 0.3 is 6.18 Å². The summed E-state index contributed by atoms with van der Waals surface area (Å²) in [7, 11) is 1.55. The second-order valence-corrected chi connectivity index (χ2v) is 4.71. The zero-order valence-corrected chi connectivity index (χ0v) is 11.7. The topological polar surface area (TPSA) is 59.8 Å². The Labute approximate surface area is 119 Å². The molecule has 1 aromatic carbocycles. The molecule has 9 heteroatoms. The van der Waals surface area contributed by atoms with Crippen molar-refractivity contribution in [1.29, 1.82) is 0 Å². The maximum Gasteiger partial charge on any atom is 0.417 e. The molecule has 20 heavy (non-hydrogen) atoms. The van der Waals surface area contributed by atoms with E-state index < -0.39 is 17.6 Å². The van der Waals surface area contributed by atoms with E-state index >= 15 is 0 Å². The first-order valence-corrected chi connectivity index (χ1v) is 6.10. The number of nitrogens with one attached hydrogen (secondary N) is 1. The van der Waals surface area contributed by atoms with Gasteiger partial charge in [0.2, 0.25) is 5.95 Å². The Morgan fingerprint density at radius 2 is 2.10 bits per heavy atom. The van der Waals surface area contributed by atoms with Crippen LogP contribution in [-0.4, -0.2) is 20.7 Å². The van der Waals surface area contributed by atoms with Crippen molar-refractivity contribution in [1.82, 2.24) is 14.8 Å². The zero-order chi connectivity index (χ0) is 14.9. The van der Waals surface area contributed by atoms with E-state index in [1.54, 1.807) is 7.05 Å². The normalized spacial score (nSPS) is 11.4. The summed E-state index contributed by atoms with van der Waals surface area (Å²) in [5.74, 6) is -0.550. The Morgan fingerprint density at radius 1 is 1.40 bits per heavy atom. The number of carbonyl (C=O) groups is 1. The minimum atomic E-state index is -4.54.